The van der Waals surface area contributed by atoms with E-state index in [0.717, 1.165) is 5.69 Å². The molecule has 158 valence electrons. The first kappa shape index (κ1) is 22.2. The maximum atomic E-state index is 12.5. The third-order valence-corrected chi connectivity index (χ3v) is 5.71. The smallest absolute Gasteiger partial charge is 0.314 e. The molecule has 0 radical (unpaired) electrons. The van der Waals surface area contributed by atoms with Crippen LogP contribution in [0, 0.1) is 6.92 Å². The molecular weight excluding hydrogens is 497 g/mol. The molecule has 2 heterocycles. The van der Waals surface area contributed by atoms with Gasteiger partial charge in [-0.3, -0.25) is 4.79 Å². The standard InChI is InChI=1S/C19H18BrCl2N5O3/c1-10-9-27-7-3-4-13(17(27)25-10)30-18(26-14(28)8-24-19(29)23-2)15-12(21)6-5-11(20)16(15)22/h3-7,9,18H,8H2,1-2H3,(H,26,28)(H2,23,24,29). The van der Waals surface area contributed by atoms with Crippen molar-refractivity contribution in [2.75, 3.05) is 13.6 Å². The summed E-state index contributed by atoms with van der Waals surface area (Å²) in [5.41, 5.74) is 1.74. The average Bonchev–Trinajstić information content (AvgIpc) is 3.10. The first-order valence-electron chi connectivity index (χ1n) is 8.79. The van der Waals surface area contributed by atoms with Gasteiger partial charge in [-0.25, -0.2) is 9.78 Å². The number of aromatic nitrogens is 2. The summed E-state index contributed by atoms with van der Waals surface area (Å²) in [5, 5.41) is 8.10. The predicted molar refractivity (Wildman–Crippen MR) is 118 cm³/mol. The summed E-state index contributed by atoms with van der Waals surface area (Å²) in [4.78, 5) is 28.3. The van der Waals surface area contributed by atoms with Crippen LogP contribution >= 0.6 is 39.1 Å². The maximum Gasteiger partial charge on any atom is 0.314 e. The number of carbonyl (C=O) groups excluding carboxylic acids is 2. The first-order chi connectivity index (χ1) is 14.3. The molecule has 0 saturated carbocycles. The fourth-order valence-electron chi connectivity index (χ4n) is 2.72. The molecule has 3 aromatic rings. The van der Waals surface area contributed by atoms with Gasteiger partial charge in [-0.15, -0.1) is 0 Å². The molecule has 1 unspecified atom stereocenters. The lowest BCUT2D eigenvalue weighted by Gasteiger charge is -2.23. The van der Waals surface area contributed by atoms with Crippen molar-refractivity contribution in [1.82, 2.24) is 25.3 Å². The number of amides is 3. The highest BCUT2D eigenvalue weighted by atomic mass is 79.9. The summed E-state index contributed by atoms with van der Waals surface area (Å²) in [6.07, 6.45) is 2.65. The number of imidazole rings is 1. The van der Waals surface area contributed by atoms with Crippen molar-refractivity contribution in [2.24, 2.45) is 0 Å². The van der Waals surface area contributed by atoms with Crippen molar-refractivity contribution in [2.45, 2.75) is 13.2 Å². The van der Waals surface area contributed by atoms with Gasteiger partial charge in [-0.05, 0) is 47.1 Å². The number of pyridine rings is 1. The van der Waals surface area contributed by atoms with Gasteiger partial charge in [0.05, 0.1) is 27.8 Å². The van der Waals surface area contributed by atoms with Crippen LogP contribution in [-0.2, 0) is 4.79 Å². The number of nitrogens with zero attached hydrogens (tertiary/aromatic N) is 2. The molecule has 1 aromatic carbocycles. The number of nitrogens with one attached hydrogen (secondary N) is 3. The Hall–Kier alpha value is -2.49. The third kappa shape index (κ3) is 4.97. The molecule has 0 bridgehead atoms. The second-order valence-corrected chi connectivity index (χ2v) is 7.88. The minimum Gasteiger partial charge on any atom is -0.462 e. The van der Waals surface area contributed by atoms with Gasteiger partial charge in [0.1, 0.15) is 0 Å². The van der Waals surface area contributed by atoms with E-state index in [-0.39, 0.29) is 6.54 Å². The summed E-state index contributed by atoms with van der Waals surface area (Å²) >= 11 is 16.2. The van der Waals surface area contributed by atoms with Crippen molar-refractivity contribution < 1.29 is 14.3 Å². The number of aryl methyl sites for hydroxylation is 1. The molecule has 11 heteroatoms. The summed E-state index contributed by atoms with van der Waals surface area (Å²) in [6, 6.07) is 6.36. The van der Waals surface area contributed by atoms with Crippen molar-refractivity contribution in [1.29, 1.82) is 0 Å². The number of halogens is 3. The second-order valence-electron chi connectivity index (χ2n) is 6.24. The minimum absolute atomic E-state index is 0.268. The van der Waals surface area contributed by atoms with Crippen molar-refractivity contribution in [3.05, 3.63) is 62.4 Å². The zero-order valence-corrected chi connectivity index (χ0v) is 19.1. The quantitative estimate of drug-likeness (QED) is 0.344. The minimum atomic E-state index is -1.04. The molecule has 0 aliphatic heterocycles. The van der Waals surface area contributed by atoms with E-state index in [0.29, 0.717) is 31.5 Å². The van der Waals surface area contributed by atoms with E-state index in [1.165, 1.54) is 7.05 Å². The molecule has 0 aliphatic rings. The molecule has 3 amide bonds. The monoisotopic (exact) mass is 513 g/mol. The van der Waals surface area contributed by atoms with Crippen LogP contribution in [0.2, 0.25) is 10.0 Å². The van der Waals surface area contributed by atoms with E-state index in [9.17, 15) is 9.59 Å². The molecule has 0 spiro atoms. The lowest BCUT2D eigenvalue weighted by Crippen LogP contribution is -2.43. The highest BCUT2D eigenvalue weighted by Crippen LogP contribution is 2.37. The van der Waals surface area contributed by atoms with Gasteiger partial charge in [-0.2, -0.15) is 0 Å². The number of rotatable bonds is 6. The topological polar surface area (TPSA) is 96.8 Å². The van der Waals surface area contributed by atoms with Crippen LogP contribution in [-0.4, -0.2) is 34.9 Å². The summed E-state index contributed by atoms with van der Waals surface area (Å²) in [5.74, 6) is -0.0792. The molecule has 3 rings (SSSR count). The highest BCUT2D eigenvalue weighted by molar-refractivity contribution is 9.10. The molecule has 2 aromatic heterocycles. The summed E-state index contributed by atoms with van der Waals surface area (Å²) in [6.45, 7) is 1.60. The van der Waals surface area contributed by atoms with Gasteiger partial charge in [-0.1, -0.05) is 23.2 Å². The number of ether oxygens (including phenoxy) is 1. The fraction of sp³-hybridized carbons (Fsp3) is 0.211. The molecule has 1 atom stereocenters. The van der Waals surface area contributed by atoms with E-state index in [1.54, 1.807) is 28.7 Å². The van der Waals surface area contributed by atoms with Crippen LogP contribution < -0.4 is 20.7 Å². The molecule has 0 saturated heterocycles. The van der Waals surface area contributed by atoms with E-state index < -0.39 is 18.2 Å². The van der Waals surface area contributed by atoms with Crippen LogP contribution in [0.4, 0.5) is 4.79 Å². The third-order valence-electron chi connectivity index (χ3n) is 4.08. The fourth-order valence-corrected chi connectivity index (χ4v) is 3.63. The van der Waals surface area contributed by atoms with Gasteiger partial charge in [0.25, 0.3) is 0 Å². The van der Waals surface area contributed by atoms with Crippen molar-refractivity contribution >= 4 is 56.7 Å². The predicted octanol–water partition coefficient (Wildman–Crippen LogP) is 3.83. The van der Waals surface area contributed by atoms with Gasteiger partial charge in [0, 0.05) is 23.9 Å². The number of hydrogen-bond acceptors (Lipinski definition) is 4. The highest BCUT2D eigenvalue weighted by Gasteiger charge is 2.25. The number of urea groups is 1. The largest absolute Gasteiger partial charge is 0.462 e. The molecule has 8 nitrogen and oxygen atoms in total. The summed E-state index contributed by atoms with van der Waals surface area (Å²) in [7, 11) is 1.45. The van der Waals surface area contributed by atoms with E-state index >= 15 is 0 Å². The Bertz CT molecular complexity index is 1110. The number of carbonyl (C=O) groups is 2. The number of benzene rings is 1. The Balaban J connectivity index is 1.96. The Labute approximate surface area is 191 Å². The molecular formula is C19H18BrCl2N5O3. The van der Waals surface area contributed by atoms with Gasteiger partial charge in [0.2, 0.25) is 12.1 Å². The zero-order chi connectivity index (χ0) is 21.8. The Kier molecular flexibility index (Phi) is 7.06. The lowest BCUT2D eigenvalue weighted by atomic mass is 10.2. The van der Waals surface area contributed by atoms with Crippen molar-refractivity contribution in [3.63, 3.8) is 0 Å². The maximum absolute atomic E-state index is 12.5. The molecule has 3 N–H and O–H groups in total. The first-order valence-corrected chi connectivity index (χ1v) is 10.3. The normalized spacial score (nSPS) is 11.8. The Morgan fingerprint density at radius 2 is 2.07 bits per heavy atom. The van der Waals surface area contributed by atoms with Crippen LogP contribution in [0.15, 0.2) is 41.1 Å². The van der Waals surface area contributed by atoms with Gasteiger partial charge >= 0.3 is 6.03 Å². The van der Waals surface area contributed by atoms with Crippen LogP contribution in [0.3, 0.4) is 0 Å². The van der Waals surface area contributed by atoms with Crippen LogP contribution in [0.5, 0.6) is 5.75 Å². The second kappa shape index (κ2) is 9.55. The van der Waals surface area contributed by atoms with Crippen molar-refractivity contribution in [3.8, 4) is 5.75 Å². The average molecular weight is 515 g/mol. The van der Waals surface area contributed by atoms with E-state index in [2.05, 4.69) is 36.9 Å². The van der Waals surface area contributed by atoms with Gasteiger partial charge in [0.15, 0.2) is 11.4 Å². The van der Waals surface area contributed by atoms with E-state index in [1.807, 2.05) is 19.3 Å². The lowest BCUT2D eigenvalue weighted by molar-refractivity contribution is -0.122. The van der Waals surface area contributed by atoms with Gasteiger partial charge < -0.3 is 25.1 Å². The SMILES string of the molecule is CNC(=O)NCC(=O)NC(Oc1cccn2cc(C)nc12)c1c(Cl)ccc(Br)c1Cl. The summed E-state index contributed by atoms with van der Waals surface area (Å²) < 4.78 is 8.51. The Morgan fingerprint density at radius 3 is 2.80 bits per heavy atom. The number of fused-ring (bicyclic) bond motifs is 1. The zero-order valence-electron chi connectivity index (χ0n) is 16.0. The molecule has 30 heavy (non-hydrogen) atoms. The van der Waals surface area contributed by atoms with Crippen LogP contribution in [0.25, 0.3) is 5.65 Å². The molecule has 0 fully saturated rings. The van der Waals surface area contributed by atoms with Crippen LogP contribution in [0.1, 0.15) is 17.5 Å². The Morgan fingerprint density at radius 1 is 1.30 bits per heavy atom. The molecule has 0 aliphatic carbocycles. The number of hydrogen-bond donors (Lipinski definition) is 3. The van der Waals surface area contributed by atoms with E-state index in [4.69, 9.17) is 27.9 Å².